The molecule has 1 spiro atoms. The molecule has 3 rings (SSSR count). The molecule has 2 fully saturated rings. The van der Waals surface area contributed by atoms with Crippen LogP contribution in [0.4, 0.5) is 0 Å². The summed E-state index contributed by atoms with van der Waals surface area (Å²) in [6.45, 7) is 4.49. The van der Waals surface area contributed by atoms with Gasteiger partial charge in [-0.25, -0.2) is 0 Å². The van der Waals surface area contributed by atoms with Crippen LogP contribution in [0.5, 0.6) is 0 Å². The molecule has 1 saturated heterocycles. The zero-order valence-electron chi connectivity index (χ0n) is 12.9. The van der Waals surface area contributed by atoms with Crippen molar-refractivity contribution in [2.75, 3.05) is 6.61 Å². The zero-order valence-corrected chi connectivity index (χ0v) is 13.7. The standard InChI is InChI=1S/C15H26N4OS/c1-2-8-19-13(11-16)17-18-14(19)21-12-5-9-20-15(10-12)6-3-4-7-15/h12H,2-11,16H2,1H3. The fourth-order valence-corrected chi connectivity index (χ4v) is 4.92. The molecule has 0 bridgehead atoms. The third kappa shape index (κ3) is 3.27. The van der Waals surface area contributed by atoms with Crippen LogP contribution < -0.4 is 5.73 Å². The monoisotopic (exact) mass is 310 g/mol. The van der Waals surface area contributed by atoms with Crippen LogP contribution in [0.2, 0.25) is 0 Å². The van der Waals surface area contributed by atoms with E-state index in [1.54, 1.807) is 0 Å². The number of rotatable bonds is 5. The molecular formula is C15H26N4OS. The summed E-state index contributed by atoms with van der Waals surface area (Å²) in [4.78, 5) is 0. The van der Waals surface area contributed by atoms with Crippen LogP contribution in [0.3, 0.4) is 0 Å². The molecular weight excluding hydrogens is 284 g/mol. The van der Waals surface area contributed by atoms with E-state index in [1.165, 1.54) is 25.7 Å². The third-order valence-electron chi connectivity index (χ3n) is 4.66. The maximum absolute atomic E-state index is 6.12. The highest BCUT2D eigenvalue weighted by Crippen LogP contribution is 2.44. The maximum atomic E-state index is 6.12. The lowest BCUT2D eigenvalue weighted by atomic mass is 9.92. The summed E-state index contributed by atoms with van der Waals surface area (Å²) in [6, 6.07) is 0. The largest absolute Gasteiger partial charge is 0.375 e. The number of nitrogens with two attached hydrogens (primary N) is 1. The lowest BCUT2D eigenvalue weighted by Gasteiger charge is -2.37. The van der Waals surface area contributed by atoms with Crippen molar-refractivity contribution in [3.05, 3.63) is 5.82 Å². The Morgan fingerprint density at radius 2 is 2.19 bits per heavy atom. The molecule has 118 valence electrons. The first-order valence-corrected chi connectivity index (χ1v) is 9.07. The zero-order chi connectivity index (χ0) is 14.7. The summed E-state index contributed by atoms with van der Waals surface area (Å²) in [7, 11) is 0. The Bertz CT molecular complexity index is 470. The molecule has 1 aliphatic heterocycles. The van der Waals surface area contributed by atoms with Crippen LogP contribution in [0.1, 0.15) is 57.7 Å². The van der Waals surface area contributed by atoms with Gasteiger partial charge in [-0.1, -0.05) is 31.5 Å². The van der Waals surface area contributed by atoms with Gasteiger partial charge in [0.2, 0.25) is 0 Å². The molecule has 1 aromatic heterocycles. The fourth-order valence-electron chi connectivity index (χ4n) is 3.61. The van der Waals surface area contributed by atoms with Gasteiger partial charge in [0.15, 0.2) is 5.16 Å². The molecule has 0 amide bonds. The Kier molecular flexibility index (Phi) is 4.86. The molecule has 2 N–H and O–H groups in total. The summed E-state index contributed by atoms with van der Waals surface area (Å²) in [5, 5.41) is 10.3. The summed E-state index contributed by atoms with van der Waals surface area (Å²) in [5.41, 5.74) is 5.94. The van der Waals surface area contributed by atoms with Crippen molar-refractivity contribution >= 4 is 11.8 Å². The first-order chi connectivity index (χ1) is 10.3. The van der Waals surface area contributed by atoms with Crippen LogP contribution in [0.25, 0.3) is 0 Å². The predicted octanol–water partition coefficient (Wildman–Crippen LogP) is 2.73. The van der Waals surface area contributed by atoms with Gasteiger partial charge in [0.1, 0.15) is 5.82 Å². The molecule has 1 atom stereocenters. The van der Waals surface area contributed by atoms with Gasteiger partial charge in [0.05, 0.1) is 12.1 Å². The molecule has 0 radical (unpaired) electrons. The number of nitrogens with zero attached hydrogens (tertiary/aromatic N) is 3. The van der Waals surface area contributed by atoms with Gasteiger partial charge in [-0.3, -0.25) is 0 Å². The van der Waals surface area contributed by atoms with Gasteiger partial charge in [-0.2, -0.15) is 0 Å². The van der Waals surface area contributed by atoms with E-state index in [2.05, 4.69) is 21.7 Å². The highest BCUT2D eigenvalue weighted by molar-refractivity contribution is 7.99. The Morgan fingerprint density at radius 1 is 1.38 bits per heavy atom. The maximum Gasteiger partial charge on any atom is 0.191 e. The predicted molar refractivity (Wildman–Crippen MR) is 84.2 cm³/mol. The van der Waals surface area contributed by atoms with E-state index in [9.17, 15) is 0 Å². The average molecular weight is 310 g/mol. The first-order valence-electron chi connectivity index (χ1n) is 8.19. The van der Waals surface area contributed by atoms with Crippen molar-refractivity contribution in [2.45, 2.75) is 81.0 Å². The summed E-state index contributed by atoms with van der Waals surface area (Å²) in [5.74, 6) is 0.905. The van der Waals surface area contributed by atoms with E-state index in [0.717, 1.165) is 43.4 Å². The average Bonchev–Trinajstić information content (AvgIpc) is 3.08. The molecule has 2 aliphatic rings. The third-order valence-corrected chi connectivity index (χ3v) is 5.91. The summed E-state index contributed by atoms with van der Waals surface area (Å²) >= 11 is 1.88. The first kappa shape index (κ1) is 15.3. The Hall–Kier alpha value is -0.590. The van der Waals surface area contributed by atoms with E-state index < -0.39 is 0 Å². The Balaban J connectivity index is 1.69. The van der Waals surface area contributed by atoms with Gasteiger partial charge >= 0.3 is 0 Å². The van der Waals surface area contributed by atoms with Crippen LogP contribution >= 0.6 is 11.8 Å². The fraction of sp³-hybridized carbons (Fsp3) is 0.867. The molecule has 2 heterocycles. The van der Waals surface area contributed by atoms with E-state index in [0.29, 0.717) is 11.8 Å². The smallest absolute Gasteiger partial charge is 0.191 e. The lowest BCUT2D eigenvalue weighted by Crippen LogP contribution is -2.38. The van der Waals surface area contributed by atoms with Gasteiger partial charge in [-0.15, -0.1) is 10.2 Å². The minimum Gasteiger partial charge on any atom is -0.375 e. The van der Waals surface area contributed by atoms with Crippen molar-refractivity contribution in [3.8, 4) is 0 Å². The quantitative estimate of drug-likeness (QED) is 0.906. The van der Waals surface area contributed by atoms with E-state index in [4.69, 9.17) is 10.5 Å². The number of hydrogen-bond donors (Lipinski definition) is 1. The minimum atomic E-state index is 0.169. The highest BCUT2D eigenvalue weighted by atomic mass is 32.2. The summed E-state index contributed by atoms with van der Waals surface area (Å²) in [6.07, 6.45) is 8.47. The topological polar surface area (TPSA) is 66.0 Å². The van der Waals surface area contributed by atoms with Crippen LogP contribution in [0.15, 0.2) is 5.16 Å². The van der Waals surface area contributed by atoms with Crippen molar-refractivity contribution in [3.63, 3.8) is 0 Å². The van der Waals surface area contributed by atoms with Crippen LogP contribution in [0, 0.1) is 0 Å². The van der Waals surface area contributed by atoms with E-state index in [-0.39, 0.29) is 5.60 Å². The van der Waals surface area contributed by atoms with Gasteiger partial charge in [0, 0.05) is 18.4 Å². The van der Waals surface area contributed by atoms with Gasteiger partial charge < -0.3 is 15.0 Å². The van der Waals surface area contributed by atoms with Gasteiger partial charge in [-0.05, 0) is 32.1 Å². The molecule has 21 heavy (non-hydrogen) atoms. The lowest BCUT2D eigenvalue weighted by molar-refractivity contribution is -0.0704. The molecule has 1 aromatic rings. The van der Waals surface area contributed by atoms with Crippen LogP contribution in [-0.4, -0.2) is 32.2 Å². The van der Waals surface area contributed by atoms with Crippen molar-refractivity contribution in [1.29, 1.82) is 0 Å². The molecule has 6 heteroatoms. The minimum absolute atomic E-state index is 0.169. The number of thioether (sulfide) groups is 1. The van der Waals surface area contributed by atoms with Crippen LogP contribution in [-0.2, 0) is 17.8 Å². The van der Waals surface area contributed by atoms with Gasteiger partial charge in [0.25, 0.3) is 0 Å². The second-order valence-corrected chi connectivity index (χ2v) is 7.49. The van der Waals surface area contributed by atoms with Crippen molar-refractivity contribution < 1.29 is 4.74 Å². The Labute approximate surface area is 131 Å². The van der Waals surface area contributed by atoms with Crippen molar-refractivity contribution in [1.82, 2.24) is 14.8 Å². The number of hydrogen-bond acceptors (Lipinski definition) is 5. The van der Waals surface area contributed by atoms with E-state index in [1.807, 2.05) is 11.8 Å². The second-order valence-electron chi connectivity index (χ2n) is 6.23. The molecule has 1 saturated carbocycles. The molecule has 0 aromatic carbocycles. The number of aromatic nitrogens is 3. The molecule has 1 aliphatic carbocycles. The SMILES string of the molecule is CCCn1c(CN)nnc1SC1CCOC2(CCCC2)C1. The number of ether oxygens (including phenoxy) is 1. The normalized spacial score (nSPS) is 24.8. The summed E-state index contributed by atoms with van der Waals surface area (Å²) < 4.78 is 8.32. The highest BCUT2D eigenvalue weighted by Gasteiger charge is 2.40. The second kappa shape index (κ2) is 6.67. The Morgan fingerprint density at radius 3 is 2.90 bits per heavy atom. The van der Waals surface area contributed by atoms with E-state index >= 15 is 0 Å². The van der Waals surface area contributed by atoms with Crippen molar-refractivity contribution in [2.24, 2.45) is 5.73 Å². The molecule has 1 unspecified atom stereocenters. The molecule has 5 nitrogen and oxygen atoms in total.